The Balaban J connectivity index is 2.08. The molecule has 17 heavy (non-hydrogen) atoms. The molecule has 0 saturated heterocycles. The Morgan fingerprint density at radius 3 is 2.59 bits per heavy atom. The second-order valence-electron chi connectivity index (χ2n) is 4.07. The average Bonchev–Trinajstić information content (AvgIpc) is 2.84. The number of methoxy groups -OCH3 is 1. The highest BCUT2D eigenvalue weighted by Gasteiger charge is 2.19. The minimum absolute atomic E-state index is 0.0833. The molecule has 2 aromatic rings. The van der Waals surface area contributed by atoms with Gasteiger partial charge in [0, 0.05) is 13.2 Å². The number of rotatable bonds is 5. The maximum atomic E-state index is 6.19. The van der Waals surface area contributed by atoms with Crippen molar-refractivity contribution in [3.8, 4) is 0 Å². The SMILES string of the molecule is COC(c1ccccc1)C(N)Cc1ccoc1. The van der Waals surface area contributed by atoms with Gasteiger partial charge in [-0.3, -0.25) is 0 Å². The maximum absolute atomic E-state index is 6.19. The van der Waals surface area contributed by atoms with Gasteiger partial charge >= 0.3 is 0 Å². The van der Waals surface area contributed by atoms with E-state index in [1.807, 2.05) is 36.4 Å². The number of nitrogens with two attached hydrogens (primary N) is 1. The lowest BCUT2D eigenvalue weighted by molar-refractivity contribution is 0.0802. The van der Waals surface area contributed by atoms with Gasteiger partial charge in [-0.1, -0.05) is 30.3 Å². The summed E-state index contributed by atoms with van der Waals surface area (Å²) in [6, 6.07) is 11.9. The van der Waals surface area contributed by atoms with Gasteiger partial charge in [-0.15, -0.1) is 0 Å². The molecule has 0 radical (unpaired) electrons. The summed E-state index contributed by atoms with van der Waals surface area (Å²) in [4.78, 5) is 0. The molecule has 1 heterocycles. The van der Waals surface area contributed by atoms with Crippen LogP contribution in [0.2, 0.25) is 0 Å². The van der Waals surface area contributed by atoms with E-state index in [9.17, 15) is 0 Å². The minimum Gasteiger partial charge on any atom is -0.472 e. The van der Waals surface area contributed by atoms with Crippen LogP contribution < -0.4 is 5.73 Å². The van der Waals surface area contributed by atoms with Gasteiger partial charge in [-0.05, 0) is 23.6 Å². The molecule has 2 N–H and O–H groups in total. The number of furan rings is 1. The molecule has 2 atom stereocenters. The molecule has 1 aromatic heterocycles. The number of hydrogen-bond donors (Lipinski definition) is 1. The first-order chi connectivity index (χ1) is 8.31. The summed E-state index contributed by atoms with van der Waals surface area (Å²) < 4.78 is 10.5. The zero-order chi connectivity index (χ0) is 12.1. The van der Waals surface area contributed by atoms with Gasteiger partial charge in [0.15, 0.2) is 0 Å². The van der Waals surface area contributed by atoms with Crippen molar-refractivity contribution in [2.75, 3.05) is 7.11 Å². The monoisotopic (exact) mass is 231 g/mol. The van der Waals surface area contributed by atoms with Gasteiger partial charge in [-0.25, -0.2) is 0 Å². The largest absolute Gasteiger partial charge is 0.472 e. The minimum atomic E-state index is -0.0916. The summed E-state index contributed by atoms with van der Waals surface area (Å²) in [6.45, 7) is 0. The van der Waals surface area contributed by atoms with Gasteiger partial charge in [0.2, 0.25) is 0 Å². The van der Waals surface area contributed by atoms with Crippen LogP contribution in [-0.2, 0) is 11.2 Å². The molecule has 0 bridgehead atoms. The standard InChI is InChI=1S/C14H17NO2/c1-16-14(12-5-3-2-4-6-12)13(15)9-11-7-8-17-10-11/h2-8,10,13-14H,9,15H2,1H3. The Morgan fingerprint density at radius 1 is 1.24 bits per heavy atom. The van der Waals surface area contributed by atoms with E-state index in [2.05, 4.69) is 0 Å². The molecule has 0 aliphatic rings. The Labute approximate surface area is 101 Å². The van der Waals surface area contributed by atoms with Crippen molar-refractivity contribution in [2.45, 2.75) is 18.6 Å². The van der Waals surface area contributed by atoms with Gasteiger partial charge < -0.3 is 14.9 Å². The average molecular weight is 231 g/mol. The molecular weight excluding hydrogens is 214 g/mol. The van der Waals surface area contributed by atoms with E-state index in [0.29, 0.717) is 0 Å². The van der Waals surface area contributed by atoms with E-state index < -0.39 is 0 Å². The van der Waals surface area contributed by atoms with Crippen LogP contribution in [0.1, 0.15) is 17.2 Å². The zero-order valence-electron chi connectivity index (χ0n) is 9.87. The van der Waals surface area contributed by atoms with Gasteiger partial charge in [0.1, 0.15) is 0 Å². The van der Waals surface area contributed by atoms with Crippen LogP contribution in [0.15, 0.2) is 53.3 Å². The fraction of sp³-hybridized carbons (Fsp3) is 0.286. The summed E-state index contributed by atoms with van der Waals surface area (Å²) in [5.41, 5.74) is 8.38. The Bertz CT molecular complexity index is 425. The molecule has 1 aromatic carbocycles. The second-order valence-corrected chi connectivity index (χ2v) is 4.07. The first kappa shape index (κ1) is 11.9. The summed E-state index contributed by atoms with van der Waals surface area (Å²) in [5.74, 6) is 0. The van der Waals surface area contributed by atoms with Crippen LogP contribution in [0, 0.1) is 0 Å². The van der Waals surface area contributed by atoms with Crippen molar-refractivity contribution >= 4 is 0 Å². The summed E-state index contributed by atoms with van der Waals surface area (Å²) >= 11 is 0. The number of hydrogen-bond acceptors (Lipinski definition) is 3. The molecule has 0 fully saturated rings. The number of benzene rings is 1. The van der Waals surface area contributed by atoms with Gasteiger partial charge in [-0.2, -0.15) is 0 Å². The lowest BCUT2D eigenvalue weighted by Crippen LogP contribution is -2.31. The molecule has 90 valence electrons. The summed E-state index contributed by atoms with van der Waals surface area (Å²) in [6.07, 6.45) is 4.03. The van der Waals surface area contributed by atoms with E-state index in [1.54, 1.807) is 19.6 Å². The second kappa shape index (κ2) is 5.66. The van der Waals surface area contributed by atoms with Crippen molar-refractivity contribution in [1.82, 2.24) is 0 Å². The van der Waals surface area contributed by atoms with Crippen molar-refractivity contribution in [2.24, 2.45) is 5.73 Å². The smallest absolute Gasteiger partial charge is 0.0975 e. The third kappa shape index (κ3) is 2.96. The van der Waals surface area contributed by atoms with Crippen molar-refractivity contribution in [1.29, 1.82) is 0 Å². The normalized spacial score (nSPS) is 14.5. The van der Waals surface area contributed by atoms with Crippen molar-refractivity contribution in [3.63, 3.8) is 0 Å². The summed E-state index contributed by atoms with van der Waals surface area (Å²) in [7, 11) is 1.69. The molecular formula is C14H17NO2. The summed E-state index contributed by atoms with van der Waals surface area (Å²) in [5, 5.41) is 0. The molecule has 0 spiro atoms. The Kier molecular flexibility index (Phi) is 3.96. The van der Waals surface area contributed by atoms with E-state index in [0.717, 1.165) is 17.5 Å². The molecule has 3 nitrogen and oxygen atoms in total. The van der Waals surface area contributed by atoms with Crippen LogP contribution in [0.25, 0.3) is 0 Å². The first-order valence-electron chi connectivity index (χ1n) is 5.65. The quantitative estimate of drug-likeness (QED) is 0.860. The third-order valence-electron chi connectivity index (χ3n) is 2.82. The fourth-order valence-corrected chi connectivity index (χ4v) is 1.99. The lowest BCUT2D eigenvalue weighted by Gasteiger charge is -2.22. The van der Waals surface area contributed by atoms with Crippen molar-refractivity contribution < 1.29 is 9.15 Å². The van der Waals surface area contributed by atoms with E-state index in [-0.39, 0.29) is 12.1 Å². The molecule has 0 saturated carbocycles. The third-order valence-corrected chi connectivity index (χ3v) is 2.82. The highest BCUT2D eigenvalue weighted by atomic mass is 16.5. The van der Waals surface area contributed by atoms with Crippen LogP contribution in [0.3, 0.4) is 0 Å². The topological polar surface area (TPSA) is 48.4 Å². The number of ether oxygens (including phenoxy) is 1. The molecule has 2 rings (SSSR count). The van der Waals surface area contributed by atoms with E-state index in [4.69, 9.17) is 14.9 Å². The Hall–Kier alpha value is -1.58. The highest BCUT2D eigenvalue weighted by molar-refractivity contribution is 5.20. The fourth-order valence-electron chi connectivity index (χ4n) is 1.99. The zero-order valence-corrected chi connectivity index (χ0v) is 9.87. The molecule has 0 aliphatic heterocycles. The lowest BCUT2D eigenvalue weighted by atomic mass is 9.98. The van der Waals surface area contributed by atoms with E-state index >= 15 is 0 Å². The van der Waals surface area contributed by atoms with E-state index in [1.165, 1.54) is 0 Å². The molecule has 0 amide bonds. The van der Waals surface area contributed by atoms with Crippen LogP contribution in [0.4, 0.5) is 0 Å². The molecule has 0 aliphatic carbocycles. The predicted molar refractivity (Wildman–Crippen MR) is 66.6 cm³/mol. The molecule has 2 unspecified atom stereocenters. The Morgan fingerprint density at radius 2 is 2.00 bits per heavy atom. The molecule has 3 heteroatoms. The first-order valence-corrected chi connectivity index (χ1v) is 5.65. The van der Waals surface area contributed by atoms with Crippen LogP contribution in [0.5, 0.6) is 0 Å². The van der Waals surface area contributed by atoms with Crippen LogP contribution >= 0.6 is 0 Å². The van der Waals surface area contributed by atoms with Gasteiger partial charge in [0.25, 0.3) is 0 Å². The highest BCUT2D eigenvalue weighted by Crippen LogP contribution is 2.21. The van der Waals surface area contributed by atoms with Gasteiger partial charge in [0.05, 0.1) is 18.6 Å². The van der Waals surface area contributed by atoms with Crippen molar-refractivity contribution in [3.05, 3.63) is 60.1 Å². The van der Waals surface area contributed by atoms with Crippen LogP contribution in [-0.4, -0.2) is 13.2 Å². The predicted octanol–water partition coefficient (Wildman–Crippen LogP) is 2.54. The maximum Gasteiger partial charge on any atom is 0.0975 e.